The molecule has 0 aliphatic rings. The largest absolute Gasteiger partial charge is 0.298 e. The van der Waals surface area contributed by atoms with Gasteiger partial charge >= 0.3 is 0 Å². The first kappa shape index (κ1) is 11.4. The van der Waals surface area contributed by atoms with Crippen LogP contribution in [0.5, 0.6) is 0 Å². The molecule has 0 aliphatic carbocycles. The number of nitriles is 1. The maximum Gasteiger partial charge on any atom is 0.150 e. The second-order valence-corrected chi connectivity index (χ2v) is 4.57. The van der Waals surface area contributed by atoms with Crippen LogP contribution in [-0.2, 0) is 0 Å². The number of hydrogen-bond donors (Lipinski definition) is 0. The lowest BCUT2D eigenvalue weighted by Gasteiger charge is -2.01. The molecule has 0 spiro atoms. The Labute approximate surface area is 104 Å². The molecule has 0 atom stereocenters. The number of rotatable bonds is 3. The van der Waals surface area contributed by atoms with Gasteiger partial charge in [-0.2, -0.15) is 5.26 Å². The molecular weight excluding hydrogens is 230 g/mol. The zero-order chi connectivity index (χ0) is 12.1. The molecule has 0 unspecified atom stereocenters. The minimum absolute atomic E-state index is 0.658. The van der Waals surface area contributed by atoms with Gasteiger partial charge in [-0.05, 0) is 36.4 Å². The Morgan fingerprint density at radius 3 is 1.94 bits per heavy atom. The molecule has 0 bridgehead atoms. The van der Waals surface area contributed by atoms with E-state index in [9.17, 15) is 4.79 Å². The Hall–Kier alpha value is -2.05. The smallest absolute Gasteiger partial charge is 0.150 e. The molecule has 0 saturated heterocycles. The third-order valence-electron chi connectivity index (χ3n) is 2.24. The maximum absolute atomic E-state index is 10.5. The lowest BCUT2D eigenvalue weighted by Crippen LogP contribution is -1.79. The van der Waals surface area contributed by atoms with Gasteiger partial charge in [0.1, 0.15) is 6.29 Å². The molecule has 3 heteroatoms. The van der Waals surface area contributed by atoms with Crippen molar-refractivity contribution in [3.63, 3.8) is 0 Å². The van der Waals surface area contributed by atoms with Crippen molar-refractivity contribution in [2.24, 2.45) is 0 Å². The number of carbonyl (C=O) groups excluding carboxylic acids is 1. The van der Waals surface area contributed by atoms with Crippen LogP contribution in [0.15, 0.2) is 58.3 Å². The summed E-state index contributed by atoms with van der Waals surface area (Å²) in [5.74, 6) is 0. The van der Waals surface area contributed by atoms with Gasteiger partial charge in [-0.25, -0.2) is 0 Å². The van der Waals surface area contributed by atoms with Crippen molar-refractivity contribution in [2.45, 2.75) is 9.79 Å². The summed E-state index contributed by atoms with van der Waals surface area (Å²) in [6, 6.07) is 16.9. The zero-order valence-corrected chi connectivity index (χ0v) is 9.78. The zero-order valence-electron chi connectivity index (χ0n) is 8.96. The average molecular weight is 239 g/mol. The van der Waals surface area contributed by atoms with E-state index in [1.807, 2.05) is 24.3 Å². The predicted molar refractivity (Wildman–Crippen MR) is 67.1 cm³/mol. The first-order valence-corrected chi connectivity index (χ1v) is 5.87. The lowest BCUT2D eigenvalue weighted by atomic mass is 10.2. The number of aldehydes is 1. The third-order valence-corrected chi connectivity index (χ3v) is 3.25. The molecule has 2 nitrogen and oxygen atoms in total. The van der Waals surface area contributed by atoms with Gasteiger partial charge in [0, 0.05) is 15.4 Å². The molecule has 0 fully saturated rings. The second-order valence-electron chi connectivity index (χ2n) is 3.43. The molecule has 82 valence electrons. The van der Waals surface area contributed by atoms with Gasteiger partial charge in [0.25, 0.3) is 0 Å². The molecule has 17 heavy (non-hydrogen) atoms. The summed E-state index contributed by atoms with van der Waals surface area (Å²) in [4.78, 5) is 12.7. The van der Waals surface area contributed by atoms with Gasteiger partial charge in [0.05, 0.1) is 11.6 Å². The van der Waals surface area contributed by atoms with Gasteiger partial charge in [-0.15, -0.1) is 0 Å². The van der Waals surface area contributed by atoms with Gasteiger partial charge in [-0.3, -0.25) is 4.79 Å². The minimum Gasteiger partial charge on any atom is -0.298 e. The fraction of sp³-hybridized carbons (Fsp3) is 0. The van der Waals surface area contributed by atoms with E-state index in [0.29, 0.717) is 11.1 Å². The summed E-state index contributed by atoms with van der Waals surface area (Å²) >= 11 is 1.60. The second kappa shape index (κ2) is 5.33. The predicted octanol–water partition coefficient (Wildman–Crippen LogP) is 3.52. The Morgan fingerprint density at radius 1 is 0.941 bits per heavy atom. The summed E-state index contributed by atoms with van der Waals surface area (Å²) in [6.45, 7) is 0. The standard InChI is InChI=1S/C14H9NOS/c15-9-11-1-5-13(6-2-11)17-14-7-3-12(10-16)4-8-14/h1-8,10H. The highest BCUT2D eigenvalue weighted by Crippen LogP contribution is 2.27. The van der Waals surface area contributed by atoms with Crippen LogP contribution in [-0.4, -0.2) is 6.29 Å². The van der Waals surface area contributed by atoms with Crippen molar-refractivity contribution in [1.29, 1.82) is 5.26 Å². The Bertz CT molecular complexity index is 552. The van der Waals surface area contributed by atoms with Crippen LogP contribution in [0.4, 0.5) is 0 Å². The summed E-state index contributed by atoms with van der Waals surface area (Å²) in [6.07, 6.45) is 0.830. The van der Waals surface area contributed by atoms with Crippen molar-refractivity contribution in [2.75, 3.05) is 0 Å². The highest BCUT2D eigenvalue weighted by molar-refractivity contribution is 7.99. The molecule has 0 radical (unpaired) electrons. The molecule has 2 rings (SSSR count). The van der Waals surface area contributed by atoms with Gasteiger partial charge in [-0.1, -0.05) is 23.9 Å². The van der Waals surface area contributed by atoms with Crippen LogP contribution in [0, 0.1) is 11.3 Å². The van der Waals surface area contributed by atoms with E-state index in [1.165, 1.54) is 0 Å². The SMILES string of the molecule is N#Cc1ccc(Sc2ccc(C=O)cc2)cc1. The van der Waals surface area contributed by atoms with Gasteiger partial charge in [0.2, 0.25) is 0 Å². The Balaban J connectivity index is 2.14. The lowest BCUT2D eigenvalue weighted by molar-refractivity contribution is 0.112. The van der Waals surface area contributed by atoms with Crippen molar-refractivity contribution in [3.8, 4) is 6.07 Å². The van der Waals surface area contributed by atoms with Crippen LogP contribution in [0.2, 0.25) is 0 Å². The molecule has 0 saturated carbocycles. The van der Waals surface area contributed by atoms with E-state index in [-0.39, 0.29) is 0 Å². The topological polar surface area (TPSA) is 40.9 Å². The molecule has 0 amide bonds. The molecular formula is C14H9NOS. The highest BCUT2D eigenvalue weighted by Gasteiger charge is 1.98. The monoisotopic (exact) mass is 239 g/mol. The number of carbonyl (C=O) groups is 1. The molecule has 0 heterocycles. The summed E-state index contributed by atoms with van der Waals surface area (Å²) in [7, 11) is 0. The number of nitrogens with zero attached hydrogens (tertiary/aromatic N) is 1. The van der Waals surface area contributed by atoms with Crippen molar-refractivity contribution >= 4 is 18.0 Å². The highest BCUT2D eigenvalue weighted by atomic mass is 32.2. The van der Waals surface area contributed by atoms with E-state index < -0.39 is 0 Å². The van der Waals surface area contributed by atoms with Crippen LogP contribution >= 0.6 is 11.8 Å². The van der Waals surface area contributed by atoms with E-state index >= 15 is 0 Å². The molecule has 0 N–H and O–H groups in total. The third kappa shape index (κ3) is 2.96. The van der Waals surface area contributed by atoms with E-state index in [1.54, 1.807) is 36.0 Å². The van der Waals surface area contributed by atoms with E-state index in [2.05, 4.69) is 6.07 Å². The summed E-state index contributed by atoms with van der Waals surface area (Å²) < 4.78 is 0. The van der Waals surface area contributed by atoms with Crippen LogP contribution < -0.4 is 0 Å². The normalized spacial score (nSPS) is 9.59. The fourth-order valence-electron chi connectivity index (χ4n) is 1.35. The molecule has 0 aliphatic heterocycles. The number of hydrogen-bond acceptors (Lipinski definition) is 3. The van der Waals surface area contributed by atoms with Crippen molar-refractivity contribution in [3.05, 3.63) is 59.7 Å². The van der Waals surface area contributed by atoms with E-state index in [4.69, 9.17) is 5.26 Å². The first-order chi connectivity index (χ1) is 8.31. The minimum atomic E-state index is 0.658. The van der Waals surface area contributed by atoms with Gasteiger partial charge in [0.15, 0.2) is 0 Å². The molecule has 0 aromatic heterocycles. The van der Waals surface area contributed by atoms with Crippen molar-refractivity contribution in [1.82, 2.24) is 0 Å². The van der Waals surface area contributed by atoms with E-state index in [0.717, 1.165) is 16.1 Å². The summed E-state index contributed by atoms with van der Waals surface area (Å²) in [5.41, 5.74) is 1.33. The van der Waals surface area contributed by atoms with Gasteiger partial charge < -0.3 is 0 Å². The number of benzene rings is 2. The van der Waals surface area contributed by atoms with Crippen LogP contribution in [0.1, 0.15) is 15.9 Å². The molecule has 2 aromatic carbocycles. The fourth-order valence-corrected chi connectivity index (χ4v) is 2.16. The molecule has 2 aromatic rings. The Kier molecular flexibility index (Phi) is 3.59. The average Bonchev–Trinajstić information content (AvgIpc) is 2.40. The first-order valence-electron chi connectivity index (χ1n) is 5.05. The quantitative estimate of drug-likeness (QED) is 0.769. The Morgan fingerprint density at radius 2 is 1.47 bits per heavy atom. The maximum atomic E-state index is 10.5. The van der Waals surface area contributed by atoms with Crippen molar-refractivity contribution < 1.29 is 4.79 Å². The van der Waals surface area contributed by atoms with Crippen LogP contribution in [0.25, 0.3) is 0 Å². The van der Waals surface area contributed by atoms with Crippen LogP contribution in [0.3, 0.4) is 0 Å². The summed E-state index contributed by atoms with van der Waals surface area (Å²) in [5, 5.41) is 8.69.